The Balaban J connectivity index is 1.34. The van der Waals surface area contributed by atoms with Gasteiger partial charge in [0, 0.05) is 12.1 Å². The van der Waals surface area contributed by atoms with Crippen molar-refractivity contribution in [2.45, 2.75) is 56.6 Å². The minimum absolute atomic E-state index is 0.0397. The summed E-state index contributed by atoms with van der Waals surface area (Å²) in [6, 6.07) is 1.75. The molecule has 1 heterocycles. The number of anilines is 2. The first-order valence-electron chi connectivity index (χ1n) is 9.24. The van der Waals surface area contributed by atoms with Crippen molar-refractivity contribution < 1.29 is 4.79 Å². The lowest BCUT2D eigenvalue weighted by Crippen LogP contribution is -2.56. The first-order chi connectivity index (χ1) is 11.9. The molecule has 136 valence electrons. The third kappa shape index (κ3) is 3.43. The van der Waals surface area contributed by atoms with Crippen LogP contribution in [0.5, 0.6) is 0 Å². The Morgan fingerprint density at radius 1 is 1.20 bits per heavy atom. The Kier molecular flexibility index (Phi) is 4.30. The monoisotopic (exact) mass is 361 g/mol. The van der Waals surface area contributed by atoms with Gasteiger partial charge in [0.2, 0.25) is 5.91 Å². The van der Waals surface area contributed by atoms with Gasteiger partial charge in [0.05, 0.1) is 5.75 Å². The Morgan fingerprint density at radius 3 is 2.24 bits per heavy atom. The zero-order valence-electron chi connectivity index (χ0n) is 14.7. The third-order valence-corrected chi connectivity index (χ3v) is 7.31. The largest absolute Gasteiger partial charge is 0.383 e. The van der Waals surface area contributed by atoms with Crippen LogP contribution in [0, 0.1) is 23.2 Å². The number of nitrogen functional groups attached to an aromatic ring is 2. The van der Waals surface area contributed by atoms with E-state index in [0.717, 1.165) is 17.8 Å². The molecule has 0 saturated heterocycles. The summed E-state index contributed by atoms with van der Waals surface area (Å²) < 4.78 is 0. The van der Waals surface area contributed by atoms with Crippen molar-refractivity contribution in [3.8, 4) is 0 Å². The van der Waals surface area contributed by atoms with Gasteiger partial charge in [-0.2, -0.15) is 0 Å². The molecule has 4 bridgehead atoms. The molecule has 1 aromatic heterocycles. The van der Waals surface area contributed by atoms with Crippen molar-refractivity contribution in [3.05, 3.63) is 6.07 Å². The fraction of sp³-hybridized carbons (Fsp3) is 0.722. The van der Waals surface area contributed by atoms with Gasteiger partial charge in [0.15, 0.2) is 5.16 Å². The van der Waals surface area contributed by atoms with E-state index in [1.54, 1.807) is 0 Å². The van der Waals surface area contributed by atoms with E-state index in [0.29, 0.717) is 28.0 Å². The highest BCUT2D eigenvalue weighted by Crippen LogP contribution is 2.61. The number of aromatic nitrogens is 2. The van der Waals surface area contributed by atoms with Crippen LogP contribution in [0.15, 0.2) is 11.2 Å². The van der Waals surface area contributed by atoms with Crippen LogP contribution in [0.4, 0.5) is 11.6 Å². The summed E-state index contributed by atoms with van der Waals surface area (Å²) in [5.41, 5.74) is 11.7. The zero-order chi connectivity index (χ0) is 17.6. The molecule has 5 rings (SSSR count). The molecule has 0 aromatic carbocycles. The number of thioether (sulfide) groups is 1. The van der Waals surface area contributed by atoms with E-state index in [2.05, 4.69) is 22.2 Å². The first-order valence-corrected chi connectivity index (χ1v) is 10.2. The van der Waals surface area contributed by atoms with E-state index in [-0.39, 0.29) is 11.9 Å². The number of rotatable bonds is 5. The minimum Gasteiger partial charge on any atom is -0.383 e. The van der Waals surface area contributed by atoms with Crippen molar-refractivity contribution in [3.63, 3.8) is 0 Å². The summed E-state index contributed by atoms with van der Waals surface area (Å²) in [6.45, 7) is 2.20. The second-order valence-corrected chi connectivity index (χ2v) is 9.30. The Bertz CT molecular complexity index is 624. The molecule has 1 aromatic rings. The van der Waals surface area contributed by atoms with Gasteiger partial charge < -0.3 is 16.8 Å². The maximum Gasteiger partial charge on any atom is 0.230 e. The smallest absolute Gasteiger partial charge is 0.230 e. The normalized spacial score (nSPS) is 34.0. The quantitative estimate of drug-likeness (QED) is 0.549. The number of nitrogens with two attached hydrogens (primary N) is 2. The summed E-state index contributed by atoms with van der Waals surface area (Å²) in [7, 11) is 0. The molecule has 1 atom stereocenters. The fourth-order valence-electron chi connectivity index (χ4n) is 5.80. The summed E-state index contributed by atoms with van der Waals surface area (Å²) in [5, 5.41) is 3.71. The highest BCUT2D eigenvalue weighted by atomic mass is 32.2. The number of carbonyl (C=O) groups is 1. The first kappa shape index (κ1) is 16.9. The molecular weight excluding hydrogens is 334 g/mol. The van der Waals surface area contributed by atoms with Crippen LogP contribution in [0.2, 0.25) is 0 Å². The van der Waals surface area contributed by atoms with Gasteiger partial charge >= 0.3 is 0 Å². The second-order valence-electron chi connectivity index (χ2n) is 8.36. The maximum atomic E-state index is 12.4. The van der Waals surface area contributed by atoms with Gasteiger partial charge in [0.1, 0.15) is 11.6 Å². The van der Waals surface area contributed by atoms with Gasteiger partial charge in [-0.15, -0.1) is 0 Å². The lowest BCUT2D eigenvalue weighted by molar-refractivity contribution is -0.123. The van der Waals surface area contributed by atoms with E-state index in [9.17, 15) is 4.79 Å². The molecular formula is C18H27N5OS. The van der Waals surface area contributed by atoms with E-state index in [1.807, 2.05) is 0 Å². The van der Waals surface area contributed by atoms with Crippen molar-refractivity contribution in [1.29, 1.82) is 0 Å². The molecule has 0 aliphatic heterocycles. The molecule has 6 nitrogen and oxygen atoms in total. The summed E-state index contributed by atoms with van der Waals surface area (Å²) in [4.78, 5) is 20.7. The second kappa shape index (κ2) is 6.34. The number of nitrogens with zero attached hydrogens (tertiary/aromatic N) is 2. The van der Waals surface area contributed by atoms with Crippen LogP contribution in [0.3, 0.4) is 0 Å². The summed E-state index contributed by atoms with van der Waals surface area (Å²) in [5.74, 6) is 3.67. The van der Waals surface area contributed by atoms with Crippen LogP contribution < -0.4 is 16.8 Å². The molecule has 0 spiro atoms. The number of amides is 1. The Labute approximate surface area is 152 Å². The van der Waals surface area contributed by atoms with E-state index in [4.69, 9.17) is 11.5 Å². The standard InChI is InChI=1S/C18H27N5OS/c1-10(18-6-11-2-12(7-18)4-13(3-11)8-18)21-16(24)9-25-17-22-14(19)5-15(20)23-17/h5,10-13H,2-4,6-9H2,1H3,(H,21,24)(H4,19,20,22,23). The van der Waals surface area contributed by atoms with Gasteiger partial charge in [-0.1, -0.05) is 11.8 Å². The van der Waals surface area contributed by atoms with Gasteiger partial charge in [-0.25, -0.2) is 9.97 Å². The molecule has 4 aliphatic rings. The molecule has 25 heavy (non-hydrogen) atoms. The van der Waals surface area contributed by atoms with Crippen molar-refractivity contribution in [1.82, 2.24) is 15.3 Å². The van der Waals surface area contributed by atoms with Crippen molar-refractivity contribution in [2.75, 3.05) is 17.2 Å². The molecule has 4 saturated carbocycles. The number of carbonyl (C=O) groups excluding carboxylic acids is 1. The SMILES string of the molecule is CC(NC(=O)CSc1nc(N)cc(N)n1)C12CC3CC(CC(C3)C1)C2. The number of nitrogens with one attached hydrogen (secondary N) is 1. The van der Waals surface area contributed by atoms with Crippen LogP contribution >= 0.6 is 11.8 Å². The average molecular weight is 362 g/mol. The summed E-state index contributed by atoms with van der Waals surface area (Å²) >= 11 is 1.28. The van der Waals surface area contributed by atoms with E-state index in [1.165, 1.54) is 56.4 Å². The Hall–Kier alpha value is -1.50. The van der Waals surface area contributed by atoms with Crippen LogP contribution in [-0.2, 0) is 4.79 Å². The maximum absolute atomic E-state index is 12.4. The van der Waals surface area contributed by atoms with Crippen molar-refractivity contribution in [2.24, 2.45) is 23.2 Å². The van der Waals surface area contributed by atoms with Gasteiger partial charge in [-0.3, -0.25) is 4.79 Å². The number of hydrogen-bond donors (Lipinski definition) is 3. The highest BCUT2D eigenvalue weighted by molar-refractivity contribution is 7.99. The van der Waals surface area contributed by atoms with Crippen LogP contribution in [0.1, 0.15) is 45.4 Å². The van der Waals surface area contributed by atoms with Crippen LogP contribution in [0.25, 0.3) is 0 Å². The molecule has 7 heteroatoms. The number of hydrogen-bond acceptors (Lipinski definition) is 6. The zero-order valence-corrected chi connectivity index (χ0v) is 15.5. The van der Waals surface area contributed by atoms with E-state index >= 15 is 0 Å². The lowest BCUT2D eigenvalue weighted by atomic mass is 9.48. The minimum atomic E-state index is 0.0397. The fourth-order valence-corrected chi connectivity index (χ4v) is 6.48. The molecule has 5 N–H and O–H groups in total. The Morgan fingerprint density at radius 2 is 1.72 bits per heavy atom. The molecule has 1 amide bonds. The third-order valence-electron chi connectivity index (χ3n) is 6.46. The predicted octanol–water partition coefficient (Wildman–Crippen LogP) is 2.45. The highest BCUT2D eigenvalue weighted by Gasteiger charge is 2.53. The molecule has 4 fully saturated rings. The average Bonchev–Trinajstić information content (AvgIpc) is 2.50. The molecule has 0 radical (unpaired) electrons. The van der Waals surface area contributed by atoms with Crippen LogP contribution in [-0.4, -0.2) is 27.7 Å². The topological polar surface area (TPSA) is 107 Å². The van der Waals surface area contributed by atoms with E-state index < -0.39 is 0 Å². The summed E-state index contributed by atoms with van der Waals surface area (Å²) in [6.07, 6.45) is 8.14. The predicted molar refractivity (Wildman–Crippen MR) is 99.8 cm³/mol. The van der Waals surface area contributed by atoms with Gasteiger partial charge in [0.25, 0.3) is 0 Å². The van der Waals surface area contributed by atoms with Gasteiger partial charge in [-0.05, 0) is 68.6 Å². The van der Waals surface area contributed by atoms with Crippen molar-refractivity contribution >= 4 is 29.3 Å². The molecule has 1 unspecified atom stereocenters. The lowest BCUT2D eigenvalue weighted by Gasteiger charge is -2.59. The molecule has 4 aliphatic carbocycles.